The maximum atomic E-state index is 10.5. The molecule has 1 heterocycles. The smallest absolute Gasteiger partial charge is 0.172 e. The van der Waals surface area contributed by atoms with E-state index in [1.165, 1.54) is 0 Å². The van der Waals surface area contributed by atoms with E-state index in [0.29, 0.717) is 22.9 Å². The number of nitrogens with zero attached hydrogens (tertiary/aromatic N) is 1. The van der Waals surface area contributed by atoms with Crippen molar-refractivity contribution in [2.75, 3.05) is 0 Å². The van der Waals surface area contributed by atoms with Crippen LogP contribution in [-0.2, 0) is 6.61 Å². The number of aldehydes is 1. The number of carbonyl (C=O) groups is 1. The van der Waals surface area contributed by atoms with Crippen LogP contribution in [0.15, 0.2) is 22.7 Å². The zero-order chi connectivity index (χ0) is 9.26. The Morgan fingerprint density at radius 3 is 3.08 bits per heavy atom. The van der Waals surface area contributed by atoms with Gasteiger partial charge in [0.25, 0.3) is 0 Å². The number of fused-ring (bicyclic) bond motifs is 1. The fourth-order valence-corrected chi connectivity index (χ4v) is 1.18. The van der Waals surface area contributed by atoms with Crippen molar-refractivity contribution in [2.45, 2.75) is 6.61 Å². The number of aromatic nitrogens is 1. The van der Waals surface area contributed by atoms with Gasteiger partial charge in [-0.25, -0.2) is 0 Å². The normalized spacial score (nSPS) is 10.5. The van der Waals surface area contributed by atoms with E-state index < -0.39 is 0 Å². The van der Waals surface area contributed by atoms with Crippen molar-refractivity contribution in [3.8, 4) is 0 Å². The molecule has 0 atom stereocenters. The molecule has 0 bridgehead atoms. The number of aliphatic hydroxyl groups excluding tert-OH is 1. The number of aliphatic hydroxyl groups is 1. The molecule has 1 aromatic carbocycles. The van der Waals surface area contributed by atoms with Gasteiger partial charge < -0.3 is 9.63 Å². The Kier molecular flexibility index (Phi) is 1.83. The van der Waals surface area contributed by atoms with Crippen molar-refractivity contribution < 1.29 is 14.4 Å². The number of rotatable bonds is 2. The molecule has 0 saturated carbocycles. The minimum Gasteiger partial charge on any atom is -0.392 e. The topological polar surface area (TPSA) is 63.3 Å². The predicted molar refractivity (Wildman–Crippen MR) is 45.3 cm³/mol. The molecular weight excluding hydrogens is 170 g/mol. The van der Waals surface area contributed by atoms with E-state index in [-0.39, 0.29) is 6.61 Å². The van der Waals surface area contributed by atoms with Gasteiger partial charge in [-0.15, -0.1) is 0 Å². The van der Waals surface area contributed by atoms with Gasteiger partial charge >= 0.3 is 0 Å². The van der Waals surface area contributed by atoms with Gasteiger partial charge in [0, 0.05) is 0 Å². The summed E-state index contributed by atoms with van der Waals surface area (Å²) >= 11 is 0. The lowest BCUT2D eigenvalue weighted by Gasteiger charge is -1.92. The lowest BCUT2D eigenvalue weighted by molar-refractivity contribution is 0.111. The highest BCUT2D eigenvalue weighted by molar-refractivity contribution is 5.93. The van der Waals surface area contributed by atoms with E-state index >= 15 is 0 Å². The summed E-state index contributed by atoms with van der Waals surface area (Å²) in [6.45, 7) is -0.0485. The molecule has 0 fully saturated rings. The molecule has 0 saturated heterocycles. The third-order valence-corrected chi connectivity index (χ3v) is 1.86. The fraction of sp³-hybridized carbons (Fsp3) is 0.111. The van der Waals surface area contributed by atoms with Crippen LogP contribution in [0.3, 0.4) is 0 Å². The fourth-order valence-electron chi connectivity index (χ4n) is 1.18. The second-order valence-corrected chi connectivity index (χ2v) is 2.67. The van der Waals surface area contributed by atoms with E-state index in [0.717, 1.165) is 5.56 Å². The lowest BCUT2D eigenvalue weighted by Crippen LogP contribution is -1.82. The standard InChI is InChI=1S/C9H7NO3/c11-4-6-1-2-7-8(5-12)10-13-9(7)3-6/h1-3,5,11H,4H2. The molecule has 1 aromatic heterocycles. The zero-order valence-corrected chi connectivity index (χ0v) is 6.73. The van der Waals surface area contributed by atoms with Gasteiger partial charge in [-0.2, -0.15) is 0 Å². The van der Waals surface area contributed by atoms with Crippen LogP contribution in [0, 0.1) is 0 Å². The highest BCUT2D eigenvalue weighted by Crippen LogP contribution is 2.18. The van der Waals surface area contributed by atoms with Crippen LogP contribution < -0.4 is 0 Å². The number of hydrogen-bond acceptors (Lipinski definition) is 4. The molecule has 2 rings (SSSR count). The summed E-state index contributed by atoms with van der Waals surface area (Å²) in [5.41, 5.74) is 1.55. The van der Waals surface area contributed by atoms with Gasteiger partial charge in [0.1, 0.15) is 0 Å². The molecule has 0 amide bonds. The molecule has 13 heavy (non-hydrogen) atoms. The van der Waals surface area contributed by atoms with E-state index in [1.807, 2.05) is 0 Å². The maximum Gasteiger partial charge on any atom is 0.172 e. The molecule has 0 aliphatic carbocycles. The van der Waals surface area contributed by atoms with Crippen molar-refractivity contribution >= 4 is 17.3 Å². The molecule has 4 nitrogen and oxygen atoms in total. The molecule has 66 valence electrons. The van der Waals surface area contributed by atoms with E-state index in [1.54, 1.807) is 18.2 Å². The first kappa shape index (κ1) is 7.94. The van der Waals surface area contributed by atoms with Gasteiger partial charge in [0.05, 0.1) is 12.0 Å². The van der Waals surface area contributed by atoms with E-state index in [9.17, 15) is 4.79 Å². The summed E-state index contributed by atoms with van der Waals surface area (Å²) in [5, 5.41) is 13.1. The van der Waals surface area contributed by atoms with Gasteiger partial charge in [-0.05, 0) is 17.7 Å². The highest BCUT2D eigenvalue weighted by atomic mass is 16.5. The van der Waals surface area contributed by atoms with Crippen LogP contribution in [0.4, 0.5) is 0 Å². The molecule has 2 aromatic rings. The average Bonchev–Trinajstić information content (AvgIpc) is 2.59. The summed E-state index contributed by atoms with van der Waals surface area (Å²) in [5.74, 6) is 0. The van der Waals surface area contributed by atoms with Gasteiger partial charge in [-0.3, -0.25) is 4.79 Å². The Bertz CT molecular complexity index is 447. The Labute approximate surface area is 73.8 Å². The summed E-state index contributed by atoms with van der Waals surface area (Å²) in [6.07, 6.45) is 0.643. The second-order valence-electron chi connectivity index (χ2n) is 2.67. The van der Waals surface area contributed by atoms with Crippen LogP contribution in [0.5, 0.6) is 0 Å². The first-order valence-electron chi connectivity index (χ1n) is 3.79. The summed E-state index contributed by atoms with van der Waals surface area (Å²) in [7, 11) is 0. The largest absolute Gasteiger partial charge is 0.392 e. The molecule has 0 aliphatic rings. The summed E-state index contributed by atoms with van der Waals surface area (Å²) in [6, 6.07) is 5.10. The van der Waals surface area contributed by atoms with E-state index in [4.69, 9.17) is 9.63 Å². The molecule has 0 aliphatic heterocycles. The first-order valence-corrected chi connectivity index (χ1v) is 3.79. The number of benzene rings is 1. The van der Waals surface area contributed by atoms with Gasteiger partial charge in [0.2, 0.25) is 0 Å². The Hall–Kier alpha value is -1.68. The van der Waals surface area contributed by atoms with Crippen LogP contribution >= 0.6 is 0 Å². The van der Waals surface area contributed by atoms with Crippen LogP contribution in [0.25, 0.3) is 11.0 Å². The van der Waals surface area contributed by atoms with Crippen molar-refractivity contribution in [1.82, 2.24) is 5.16 Å². The zero-order valence-electron chi connectivity index (χ0n) is 6.73. The molecular formula is C9H7NO3. The highest BCUT2D eigenvalue weighted by Gasteiger charge is 2.06. The van der Waals surface area contributed by atoms with Gasteiger partial charge in [-0.1, -0.05) is 11.2 Å². The summed E-state index contributed by atoms with van der Waals surface area (Å²) < 4.78 is 4.89. The van der Waals surface area contributed by atoms with E-state index in [2.05, 4.69) is 5.16 Å². The molecule has 0 spiro atoms. The number of hydrogen-bond donors (Lipinski definition) is 1. The van der Waals surface area contributed by atoms with Crippen LogP contribution in [0.2, 0.25) is 0 Å². The lowest BCUT2D eigenvalue weighted by atomic mass is 10.1. The van der Waals surface area contributed by atoms with Crippen molar-refractivity contribution in [2.24, 2.45) is 0 Å². The quantitative estimate of drug-likeness (QED) is 0.698. The second kappa shape index (κ2) is 2.99. The minimum absolute atomic E-state index is 0.0485. The average molecular weight is 177 g/mol. The van der Waals surface area contributed by atoms with Crippen LogP contribution in [0.1, 0.15) is 16.1 Å². The molecule has 4 heteroatoms. The maximum absolute atomic E-state index is 10.5. The van der Waals surface area contributed by atoms with Crippen molar-refractivity contribution in [3.05, 3.63) is 29.5 Å². The Morgan fingerprint density at radius 1 is 1.54 bits per heavy atom. The monoisotopic (exact) mass is 177 g/mol. The minimum atomic E-state index is -0.0485. The molecule has 0 unspecified atom stereocenters. The third kappa shape index (κ3) is 1.21. The summed E-state index contributed by atoms with van der Waals surface area (Å²) in [4.78, 5) is 10.5. The third-order valence-electron chi connectivity index (χ3n) is 1.86. The predicted octanol–water partition coefficient (Wildman–Crippen LogP) is 1.13. The van der Waals surface area contributed by atoms with Gasteiger partial charge in [0.15, 0.2) is 17.6 Å². The Balaban J connectivity index is 2.67. The Morgan fingerprint density at radius 2 is 2.38 bits per heavy atom. The first-order chi connectivity index (χ1) is 6.35. The van der Waals surface area contributed by atoms with Crippen molar-refractivity contribution in [1.29, 1.82) is 0 Å². The van der Waals surface area contributed by atoms with Crippen molar-refractivity contribution in [3.63, 3.8) is 0 Å². The number of carbonyl (C=O) groups excluding carboxylic acids is 1. The van der Waals surface area contributed by atoms with Crippen LogP contribution in [-0.4, -0.2) is 16.5 Å². The SMILES string of the molecule is O=Cc1noc2cc(CO)ccc12. The molecule has 0 radical (unpaired) electrons. The molecule has 1 N–H and O–H groups in total.